The molecule has 0 spiro atoms. The predicted octanol–water partition coefficient (Wildman–Crippen LogP) is 2.80. The van der Waals surface area contributed by atoms with Gasteiger partial charge in [0.1, 0.15) is 11.6 Å². The standard InChI is InChI=1S/C14H14FNO2/c1-7-5-10-11(6-12(17)8(2)13(10)15)16(14(7)18)9-3-4-9/h5-6,9,17H,3-4H2,1-2H3. The van der Waals surface area contributed by atoms with Gasteiger partial charge in [-0.25, -0.2) is 4.39 Å². The van der Waals surface area contributed by atoms with Crippen LogP contribution in [0.25, 0.3) is 10.9 Å². The molecule has 1 aromatic heterocycles. The van der Waals surface area contributed by atoms with E-state index in [2.05, 4.69) is 0 Å². The molecular formula is C14H14FNO2. The van der Waals surface area contributed by atoms with Crippen molar-refractivity contribution < 1.29 is 9.50 Å². The first-order valence-corrected chi connectivity index (χ1v) is 6.04. The number of aryl methyl sites for hydroxylation is 1. The average molecular weight is 247 g/mol. The number of halogens is 1. The van der Waals surface area contributed by atoms with E-state index < -0.39 is 5.82 Å². The van der Waals surface area contributed by atoms with E-state index in [4.69, 9.17) is 0 Å². The smallest absolute Gasteiger partial charge is 0.254 e. The normalized spacial score (nSPS) is 15.3. The van der Waals surface area contributed by atoms with Gasteiger partial charge in [0.05, 0.1) is 5.52 Å². The first-order chi connectivity index (χ1) is 8.50. The Morgan fingerprint density at radius 3 is 2.61 bits per heavy atom. The maximum atomic E-state index is 14.2. The van der Waals surface area contributed by atoms with Gasteiger partial charge >= 0.3 is 0 Å². The summed E-state index contributed by atoms with van der Waals surface area (Å²) in [6.07, 6.45) is 1.88. The summed E-state index contributed by atoms with van der Waals surface area (Å²) in [4.78, 5) is 12.1. The van der Waals surface area contributed by atoms with Crippen LogP contribution in [-0.2, 0) is 0 Å². The highest BCUT2D eigenvalue weighted by Crippen LogP contribution is 2.38. The SMILES string of the molecule is Cc1c(O)cc2c(cc(C)c(=O)n2C2CC2)c1F. The van der Waals surface area contributed by atoms with Crippen LogP contribution in [0.15, 0.2) is 16.9 Å². The van der Waals surface area contributed by atoms with Gasteiger partial charge in [-0.3, -0.25) is 4.79 Å². The maximum absolute atomic E-state index is 14.2. The van der Waals surface area contributed by atoms with Crippen LogP contribution in [0.2, 0.25) is 0 Å². The lowest BCUT2D eigenvalue weighted by Crippen LogP contribution is -2.22. The van der Waals surface area contributed by atoms with Crippen molar-refractivity contribution in [1.82, 2.24) is 4.57 Å². The number of hydrogen-bond donors (Lipinski definition) is 1. The first-order valence-electron chi connectivity index (χ1n) is 6.04. The molecule has 0 radical (unpaired) electrons. The molecule has 1 aliphatic carbocycles. The summed E-state index contributed by atoms with van der Waals surface area (Å²) in [5.74, 6) is -0.542. The van der Waals surface area contributed by atoms with Crippen molar-refractivity contribution in [2.45, 2.75) is 32.7 Å². The molecule has 0 bridgehead atoms. The predicted molar refractivity (Wildman–Crippen MR) is 67.6 cm³/mol. The Bertz CT molecular complexity index is 714. The molecule has 0 aliphatic heterocycles. The zero-order chi connectivity index (χ0) is 13.0. The van der Waals surface area contributed by atoms with Gasteiger partial charge in [-0.2, -0.15) is 0 Å². The van der Waals surface area contributed by atoms with E-state index in [1.54, 1.807) is 17.6 Å². The number of aromatic nitrogens is 1. The molecule has 1 saturated carbocycles. The molecule has 4 heteroatoms. The lowest BCUT2D eigenvalue weighted by Gasteiger charge is -2.13. The highest BCUT2D eigenvalue weighted by atomic mass is 19.1. The second-order valence-corrected chi connectivity index (χ2v) is 5.00. The molecule has 3 nitrogen and oxygen atoms in total. The molecule has 94 valence electrons. The minimum Gasteiger partial charge on any atom is -0.507 e. The summed E-state index contributed by atoms with van der Waals surface area (Å²) >= 11 is 0. The summed E-state index contributed by atoms with van der Waals surface area (Å²) in [7, 11) is 0. The Balaban J connectivity index is 2.51. The fourth-order valence-electron chi connectivity index (χ4n) is 2.35. The van der Waals surface area contributed by atoms with Crippen LogP contribution >= 0.6 is 0 Å². The number of hydrogen-bond acceptors (Lipinski definition) is 2. The van der Waals surface area contributed by atoms with Gasteiger partial charge in [0.15, 0.2) is 0 Å². The number of phenols is 1. The van der Waals surface area contributed by atoms with E-state index in [-0.39, 0.29) is 22.9 Å². The Morgan fingerprint density at radius 2 is 2.00 bits per heavy atom. The molecule has 0 unspecified atom stereocenters. The summed E-state index contributed by atoms with van der Waals surface area (Å²) in [5.41, 5.74) is 1.17. The summed E-state index contributed by atoms with van der Waals surface area (Å²) in [5, 5.41) is 10.1. The highest BCUT2D eigenvalue weighted by molar-refractivity contribution is 5.83. The zero-order valence-electron chi connectivity index (χ0n) is 10.3. The van der Waals surface area contributed by atoms with Gasteiger partial charge in [-0.05, 0) is 32.8 Å². The molecular weight excluding hydrogens is 233 g/mol. The molecule has 0 atom stereocenters. The number of benzene rings is 1. The first kappa shape index (κ1) is 11.3. The van der Waals surface area contributed by atoms with Crippen molar-refractivity contribution in [3.8, 4) is 5.75 Å². The molecule has 1 aromatic carbocycles. The minimum absolute atomic E-state index is 0.0901. The zero-order valence-corrected chi connectivity index (χ0v) is 10.3. The van der Waals surface area contributed by atoms with E-state index >= 15 is 0 Å². The second kappa shape index (κ2) is 3.57. The van der Waals surface area contributed by atoms with Crippen LogP contribution in [0.1, 0.15) is 30.0 Å². The number of aromatic hydroxyl groups is 1. The highest BCUT2D eigenvalue weighted by Gasteiger charge is 2.27. The van der Waals surface area contributed by atoms with Crippen molar-refractivity contribution in [1.29, 1.82) is 0 Å². The van der Waals surface area contributed by atoms with Crippen molar-refractivity contribution in [3.05, 3.63) is 39.4 Å². The molecule has 18 heavy (non-hydrogen) atoms. The topological polar surface area (TPSA) is 42.2 Å². The van der Waals surface area contributed by atoms with Gasteiger partial charge in [-0.1, -0.05) is 0 Å². The Kier molecular flexibility index (Phi) is 2.24. The summed E-state index contributed by atoms with van der Waals surface area (Å²) in [6.45, 7) is 3.23. The fourth-order valence-corrected chi connectivity index (χ4v) is 2.35. The van der Waals surface area contributed by atoms with Gasteiger partial charge in [0, 0.05) is 28.6 Å². The van der Waals surface area contributed by atoms with Gasteiger partial charge < -0.3 is 9.67 Å². The van der Waals surface area contributed by atoms with Crippen molar-refractivity contribution in [2.75, 3.05) is 0 Å². The van der Waals surface area contributed by atoms with Crippen LogP contribution < -0.4 is 5.56 Å². The fraction of sp³-hybridized carbons (Fsp3) is 0.357. The largest absolute Gasteiger partial charge is 0.507 e. The number of pyridine rings is 1. The molecule has 2 aromatic rings. The Morgan fingerprint density at radius 1 is 1.33 bits per heavy atom. The third-order valence-electron chi connectivity index (χ3n) is 3.59. The van der Waals surface area contributed by atoms with Crippen LogP contribution in [0, 0.1) is 19.7 Å². The lowest BCUT2D eigenvalue weighted by atomic mass is 10.1. The van der Waals surface area contributed by atoms with Gasteiger partial charge in [0.2, 0.25) is 0 Å². The number of rotatable bonds is 1. The monoisotopic (exact) mass is 247 g/mol. The van der Waals surface area contributed by atoms with Crippen LogP contribution in [0.3, 0.4) is 0 Å². The summed E-state index contributed by atoms with van der Waals surface area (Å²) in [6, 6.07) is 3.21. The molecule has 1 aliphatic rings. The van der Waals surface area contributed by atoms with Crippen molar-refractivity contribution in [2.24, 2.45) is 0 Å². The van der Waals surface area contributed by atoms with E-state index in [9.17, 15) is 14.3 Å². The second-order valence-electron chi connectivity index (χ2n) is 5.00. The third-order valence-corrected chi connectivity index (χ3v) is 3.59. The molecule has 1 heterocycles. The molecule has 0 saturated heterocycles. The van der Waals surface area contributed by atoms with Crippen LogP contribution in [-0.4, -0.2) is 9.67 Å². The molecule has 1 N–H and O–H groups in total. The quantitative estimate of drug-likeness (QED) is 0.842. The number of nitrogens with zero attached hydrogens (tertiary/aromatic N) is 1. The molecule has 3 rings (SSSR count). The van der Waals surface area contributed by atoms with E-state index in [1.807, 2.05) is 0 Å². The molecule has 1 fully saturated rings. The van der Waals surface area contributed by atoms with E-state index in [0.29, 0.717) is 16.5 Å². The number of phenolic OH excluding ortho intramolecular Hbond substituents is 1. The minimum atomic E-state index is -0.442. The van der Waals surface area contributed by atoms with E-state index in [0.717, 1.165) is 12.8 Å². The molecule has 0 amide bonds. The Hall–Kier alpha value is -1.84. The summed E-state index contributed by atoms with van der Waals surface area (Å²) < 4.78 is 15.8. The number of fused-ring (bicyclic) bond motifs is 1. The average Bonchev–Trinajstić information content (AvgIpc) is 3.14. The van der Waals surface area contributed by atoms with Crippen LogP contribution in [0.4, 0.5) is 4.39 Å². The van der Waals surface area contributed by atoms with Gasteiger partial charge in [0.25, 0.3) is 5.56 Å². The van der Waals surface area contributed by atoms with E-state index in [1.165, 1.54) is 13.0 Å². The van der Waals surface area contributed by atoms with Crippen molar-refractivity contribution in [3.63, 3.8) is 0 Å². The van der Waals surface area contributed by atoms with Crippen molar-refractivity contribution >= 4 is 10.9 Å². The third kappa shape index (κ3) is 1.45. The van der Waals surface area contributed by atoms with Crippen LogP contribution in [0.5, 0.6) is 5.75 Å². The lowest BCUT2D eigenvalue weighted by molar-refractivity contribution is 0.464. The maximum Gasteiger partial charge on any atom is 0.254 e. The Labute approximate surface area is 103 Å². The van der Waals surface area contributed by atoms with Gasteiger partial charge in [-0.15, -0.1) is 0 Å².